The molecule has 6 heteroatoms. The van der Waals surface area contributed by atoms with Crippen molar-refractivity contribution in [2.24, 2.45) is 0 Å². The maximum absolute atomic E-state index is 12.4. The highest BCUT2D eigenvalue weighted by molar-refractivity contribution is 6.36. The van der Waals surface area contributed by atoms with Crippen LogP contribution in [0.25, 0.3) is 0 Å². The predicted molar refractivity (Wildman–Crippen MR) is 77.3 cm³/mol. The fourth-order valence-corrected chi connectivity index (χ4v) is 2.27. The van der Waals surface area contributed by atoms with Crippen LogP contribution < -0.4 is 0 Å². The van der Waals surface area contributed by atoms with Crippen LogP contribution in [0, 0.1) is 0 Å². The molecule has 0 aromatic heterocycles. The van der Waals surface area contributed by atoms with Crippen molar-refractivity contribution in [3.63, 3.8) is 0 Å². The molecule has 0 amide bonds. The van der Waals surface area contributed by atoms with Crippen molar-refractivity contribution in [2.45, 2.75) is 12.8 Å². The molecule has 1 atom stereocenters. The van der Waals surface area contributed by atoms with Crippen LogP contribution in [0.2, 0.25) is 5.02 Å². The van der Waals surface area contributed by atoms with E-state index in [0.717, 1.165) is 6.07 Å². The van der Waals surface area contributed by atoms with Crippen LogP contribution in [-0.4, -0.2) is 26.2 Å². The second kappa shape index (κ2) is 5.54. The maximum Gasteiger partial charge on any atom is 0.177 e. The summed E-state index contributed by atoms with van der Waals surface area (Å²) in [6.45, 7) is 1.61. The van der Waals surface area contributed by atoms with Gasteiger partial charge in [-0.3, -0.25) is 4.79 Å². The molecular formula is C15H13ClO5. The molecule has 0 aliphatic heterocycles. The normalized spacial score (nSPS) is 12.1. The van der Waals surface area contributed by atoms with Crippen molar-refractivity contribution in [1.29, 1.82) is 0 Å². The first kappa shape index (κ1) is 15.0. The lowest BCUT2D eigenvalue weighted by molar-refractivity contribution is 0.0963. The number of hydrogen-bond acceptors (Lipinski definition) is 5. The second-order valence-corrected chi connectivity index (χ2v) is 5.01. The predicted octanol–water partition coefficient (Wildman–Crippen LogP) is 3.15. The fraction of sp³-hybridized carbons (Fsp3) is 0.133. The number of carbonyl (C=O) groups is 1. The highest BCUT2D eigenvalue weighted by Crippen LogP contribution is 2.42. The summed E-state index contributed by atoms with van der Waals surface area (Å²) < 4.78 is 0. The molecule has 0 radical (unpaired) electrons. The number of benzene rings is 2. The van der Waals surface area contributed by atoms with E-state index in [1.807, 2.05) is 0 Å². The molecule has 0 heterocycles. The Kier molecular flexibility index (Phi) is 3.95. The highest BCUT2D eigenvalue weighted by atomic mass is 35.5. The Labute approximate surface area is 125 Å². The zero-order chi connectivity index (χ0) is 15.7. The first-order chi connectivity index (χ1) is 9.82. The Morgan fingerprint density at radius 3 is 2.19 bits per heavy atom. The first-order valence-electron chi connectivity index (χ1n) is 6.09. The summed E-state index contributed by atoms with van der Waals surface area (Å²) in [5.41, 5.74) is 0.355. The fourth-order valence-electron chi connectivity index (χ4n) is 1.98. The lowest BCUT2D eigenvalue weighted by atomic mass is 9.91. The van der Waals surface area contributed by atoms with Crippen LogP contribution in [0.4, 0.5) is 0 Å². The smallest absolute Gasteiger partial charge is 0.177 e. The van der Waals surface area contributed by atoms with Gasteiger partial charge in [0.1, 0.15) is 16.5 Å². The molecule has 110 valence electrons. The third-order valence-electron chi connectivity index (χ3n) is 3.23. The number of rotatable bonds is 3. The van der Waals surface area contributed by atoms with E-state index in [4.69, 9.17) is 11.6 Å². The van der Waals surface area contributed by atoms with E-state index >= 15 is 0 Å². The van der Waals surface area contributed by atoms with Gasteiger partial charge >= 0.3 is 0 Å². The summed E-state index contributed by atoms with van der Waals surface area (Å²) >= 11 is 5.82. The molecule has 1 unspecified atom stereocenters. The van der Waals surface area contributed by atoms with E-state index in [2.05, 4.69) is 0 Å². The van der Waals surface area contributed by atoms with Gasteiger partial charge in [0.05, 0.1) is 5.56 Å². The number of phenols is 4. The number of Topliss-reactive ketones (excluding diaryl/α,β-unsaturated/α-hetero) is 1. The third-order valence-corrected chi connectivity index (χ3v) is 3.60. The van der Waals surface area contributed by atoms with E-state index in [1.165, 1.54) is 12.1 Å². The van der Waals surface area contributed by atoms with E-state index in [-0.39, 0.29) is 11.3 Å². The van der Waals surface area contributed by atoms with Crippen LogP contribution in [0.15, 0.2) is 30.3 Å². The van der Waals surface area contributed by atoms with Crippen molar-refractivity contribution in [3.05, 3.63) is 46.5 Å². The van der Waals surface area contributed by atoms with Crippen molar-refractivity contribution in [3.8, 4) is 23.0 Å². The standard InChI is InChI=1S/C15H13ClO5/c1-7(8-2-4-9(17)5-3-8)14(20)12-10(18)6-11(19)15(21)13(12)16/h2-7,17-19,21H,1H3. The number of hydrogen-bond donors (Lipinski definition) is 4. The minimum Gasteiger partial charge on any atom is -0.508 e. The zero-order valence-electron chi connectivity index (χ0n) is 11.0. The summed E-state index contributed by atoms with van der Waals surface area (Å²) in [6.07, 6.45) is 0. The quantitative estimate of drug-likeness (QED) is 0.397. The molecule has 0 aliphatic rings. The van der Waals surface area contributed by atoms with Gasteiger partial charge < -0.3 is 20.4 Å². The summed E-state index contributed by atoms with van der Waals surface area (Å²) in [6, 6.07) is 6.88. The van der Waals surface area contributed by atoms with Crippen LogP contribution in [0.1, 0.15) is 28.8 Å². The minimum absolute atomic E-state index is 0.0709. The summed E-state index contributed by atoms with van der Waals surface area (Å²) in [5.74, 6) is -2.87. The Hall–Kier alpha value is -2.40. The number of carbonyl (C=O) groups excluding carboxylic acids is 1. The van der Waals surface area contributed by atoms with Crippen molar-refractivity contribution in [2.75, 3.05) is 0 Å². The molecule has 2 aromatic rings. The van der Waals surface area contributed by atoms with E-state index < -0.39 is 34.0 Å². The van der Waals surface area contributed by atoms with Gasteiger partial charge in [-0.2, -0.15) is 0 Å². The van der Waals surface area contributed by atoms with Crippen molar-refractivity contribution < 1.29 is 25.2 Å². The van der Waals surface area contributed by atoms with Crippen molar-refractivity contribution >= 4 is 17.4 Å². The maximum atomic E-state index is 12.4. The van der Waals surface area contributed by atoms with Gasteiger partial charge in [0, 0.05) is 12.0 Å². The largest absolute Gasteiger partial charge is 0.508 e. The van der Waals surface area contributed by atoms with Gasteiger partial charge in [-0.15, -0.1) is 0 Å². The molecular weight excluding hydrogens is 296 g/mol. The second-order valence-electron chi connectivity index (χ2n) is 4.63. The first-order valence-corrected chi connectivity index (χ1v) is 6.47. The van der Waals surface area contributed by atoms with Gasteiger partial charge in [0.25, 0.3) is 0 Å². The molecule has 0 bridgehead atoms. The lowest BCUT2D eigenvalue weighted by Crippen LogP contribution is -2.10. The van der Waals surface area contributed by atoms with Crippen molar-refractivity contribution in [1.82, 2.24) is 0 Å². The van der Waals surface area contributed by atoms with Crippen LogP contribution in [-0.2, 0) is 0 Å². The number of halogens is 1. The number of ketones is 1. The Morgan fingerprint density at radius 2 is 1.62 bits per heavy atom. The monoisotopic (exact) mass is 308 g/mol. The summed E-state index contributed by atoms with van der Waals surface area (Å²) in [4.78, 5) is 12.4. The molecule has 2 rings (SSSR count). The SMILES string of the molecule is CC(C(=O)c1c(O)cc(O)c(O)c1Cl)c1ccc(O)cc1. The average molecular weight is 309 g/mol. The van der Waals surface area contributed by atoms with E-state index in [1.54, 1.807) is 19.1 Å². The molecule has 0 fully saturated rings. The zero-order valence-corrected chi connectivity index (χ0v) is 11.8. The molecule has 0 spiro atoms. The molecule has 2 aromatic carbocycles. The van der Waals surface area contributed by atoms with E-state index in [9.17, 15) is 25.2 Å². The Balaban J connectivity index is 2.45. The number of phenolic OH excluding ortho intramolecular Hbond substituents is 4. The number of aromatic hydroxyl groups is 4. The van der Waals surface area contributed by atoms with Gasteiger partial charge in [0.2, 0.25) is 0 Å². The Morgan fingerprint density at radius 1 is 1.05 bits per heavy atom. The molecule has 5 nitrogen and oxygen atoms in total. The lowest BCUT2D eigenvalue weighted by Gasteiger charge is -2.14. The van der Waals surface area contributed by atoms with Crippen LogP contribution in [0.5, 0.6) is 23.0 Å². The van der Waals surface area contributed by atoms with Gasteiger partial charge in [0.15, 0.2) is 17.3 Å². The summed E-state index contributed by atoms with van der Waals surface area (Å²) in [7, 11) is 0. The Bertz CT molecular complexity index is 694. The average Bonchev–Trinajstić information content (AvgIpc) is 2.45. The van der Waals surface area contributed by atoms with E-state index in [0.29, 0.717) is 5.56 Å². The molecule has 0 aliphatic carbocycles. The third kappa shape index (κ3) is 2.73. The van der Waals surface area contributed by atoms with Crippen LogP contribution in [0.3, 0.4) is 0 Å². The topological polar surface area (TPSA) is 98.0 Å². The molecule has 0 saturated heterocycles. The van der Waals surface area contributed by atoms with Gasteiger partial charge in [-0.05, 0) is 17.7 Å². The summed E-state index contributed by atoms with van der Waals surface area (Å²) in [5, 5.41) is 37.5. The van der Waals surface area contributed by atoms with Gasteiger partial charge in [-0.1, -0.05) is 30.7 Å². The molecule has 4 N–H and O–H groups in total. The molecule has 21 heavy (non-hydrogen) atoms. The van der Waals surface area contributed by atoms with Gasteiger partial charge in [-0.25, -0.2) is 0 Å². The highest BCUT2D eigenvalue weighted by Gasteiger charge is 2.26. The molecule has 0 saturated carbocycles. The van der Waals surface area contributed by atoms with Crippen LogP contribution >= 0.6 is 11.6 Å². The minimum atomic E-state index is -0.657.